The van der Waals surface area contributed by atoms with Crippen LogP contribution in [0.4, 0.5) is 29.5 Å². The second kappa shape index (κ2) is 8.80. The monoisotopic (exact) mass is 495 g/mol. The molecule has 0 N–H and O–H groups in total. The summed E-state index contributed by atoms with van der Waals surface area (Å²) in [7, 11) is 0. The Balaban J connectivity index is 1.49. The quantitative estimate of drug-likeness (QED) is 0.431. The number of rotatable bonds is 4. The molecule has 3 heterocycles. The van der Waals surface area contributed by atoms with Crippen molar-refractivity contribution in [2.45, 2.75) is 6.18 Å². The van der Waals surface area contributed by atoms with Crippen molar-refractivity contribution in [1.29, 1.82) is 0 Å². The summed E-state index contributed by atoms with van der Waals surface area (Å²) >= 11 is 0. The van der Waals surface area contributed by atoms with Crippen molar-refractivity contribution in [2.75, 3.05) is 22.9 Å². The first-order chi connectivity index (χ1) is 17.2. The van der Waals surface area contributed by atoms with Crippen molar-refractivity contribution in [1.82, 2.24) is 14.9 Å². The summed E-state index contributed by atoms with van der Waals surface area (Å²) in [5.41, 5.74) is 0.124. The maximum absolute atomic E-state index is 12.9. The van der Waals surface area contributed by atoms with E-state index in [1.54, 1.807) is 70.6 Å². The lowest BCUT2D eigenvalue weighted by Crippen LogP contribution is -2.39. The van der Waals surface area contributed by atoms with Gasteiger partial charge in [-0.15, -0.1) is 5.10 Å². The molecule has 1 fully saturated rings. The van der Waals surface area contributed by atoms with Crippen molar-refractivity contribution in [3.05, 3.63) is 83.3 Å². The second-order valence-electron chi connectivity index (χ2n) is 7.77. The van der Waals surface area contributed by atoms with E-state index in [0.29, 0.717) is 35.5 Å². The highest BCUT2D eigenvalue weighted by Crippen LogP contribution is 2.29. The van der Waals surface area contributed by atoms with Gasteiger partial charge in [-0.1, -0.05) is 36.4 Å². The van der Waals surface area contributed by atoms with E-state index in [0.717, 1.165) is 0 Å². The van der Waals surface area contributed by atoms with Crippen LogP contribution in [0.15, 0.2) is 77.7 Å². The minimum absolute atomic E-state index is 0.0160. The molecule has 9 nitrogen and oxygen atoms in total. The Kier molecular flexibility index (Phi) is 5.63. The van der Waals surface area contributed by atoms with Crippen LogP contribution in [-0.2, 0) is 4.79 Å². The van der Waals surface area contributed by atoms with E-state index >= 15 is 0 Å². The van der Waals surface area contributed by atoms with Gasteiger partial charge in [-0.2, -0.15) is 13.2 Å². The van der Waals surface area contributed by atoms with Gasteiger partial charge in [-0.05, 0) is 35.2 Å². The largest absolute Gasteiger partial charge is 0.493 e. The molecule has 0 saturated carbocycles. The number of urea groups is 1. The molecule has 0 bridgehead atoms. The molecule has 0 aliphatic carbocycles. The van der Waals surface area contributed by atoms with Crippen molar-refractivity contribution in [3.8, 4) is 11.3 Å². The summed E-state index contributed by atoms with van der Waals surface area (Å²) in [6.45, 7) is 0.869. The molecule has 4 aromatic rings. The van der Waals surface area contributed by atoms with Gasteiger partial charge in [0, 0.05) is 35.9 Å². The lowest BCUT2D eigenvalue weighted by Gasteiger charge is -2.18. The Morgan fingerprint density at radius 2 is 1.53 bits per heavy atom. The van der Waals surface area contributed by atoms with Gasteiger partial charge in [0.25, 0.3) is 0 Å². The summed E-state index contributed by atoms with van der Waals surface area (Å²) < 4.78 is 38.1. The van der Waals surface area contributed by atoms with E-state index in [1.807, 2.05) is 0 Å². The number of aromatic nitrogens is 3. The Morgan fingerprint density at radius 3 is 2.19 bits per heavy atom. The zero-order valence-electron chi connectivity index (χ0n) is 18.3. The van der Waals surface area contributed by atoms with Gasteiger partial charge in [0.2, 0.25) is 0 Å². The topological polar surface area (TPSA) is 97.6 Å². The van der Waals surface area contributed by atoms with Gasteiger partial charge >= 0.3 is 23.7 Å². The molecule has 2 aromatic carbocycles. The molecule has 0 atom stereocenters. The number of nitrogens with zero attached hydrogens (tertiary/aromatic N) is 5. The third-order valence-electron chi connectivity index (χ3n) is 5.57. The van der Waals surface area contributed by atoms with Crippen LogP contribution in [0.2, 0.25) is 0 Å². The number of carbonyl (C=O) groups is 2. The summed E-state index contributed by atoms with van der Waals surface area (Å²) in [6.07, 6.45) is -3.71. The van der Waals surface area contributed by atoms with Crippen LogP contribution >= 0.6 is 0 Å². The van der Waals surface area contributed by atoms with Crippen LogP contribution in [0.25, 0.3) is 22.0 Å². The lowest BCUT2D eigenvalue weighted by atomic mass is 10.0. The van der Waals surface area contributed by atoms with E-state index in [9.17, 15) is 27.6 Å². The standard InChI is InChI=1S/C24H16F3N5O4/c25-24(26,27)22(34)36-32-21(33)18-6-2-1-5-17(18)20(29-32)15-8-10-16(11-9-15)30-13-14-31(23(30)35)19-7-3-4-12-28-19/h1-12H,13-14H2. The van der Waals surface area contributed by atoms with Crippen LogP contribution in [-0.4, -0.2) is 46.2 Å². The van der Waals surface area contributed by atoms with Crippen LogP contribution in [0.3, 0.4) is 0 Å². The fourth-order valence-electron chi connectivity index (χ4n) is 3.88. The SMILES string of the molecule is O=C1N(c2ccc(-c3nn(OC(=O)C(F)(F)F)c(=O)c4ccccc34)cc2)CCN1c1ccccn1. The molecule has 1 saturated heterocycles. The number of pyridine rings is 1. The molecule has 36 heavy (non-hydrogen) atoms. The fourth-order valence-corrected chi connectivity index (χ4v) is 3.88. The van der Waals surface area contributed by atoms with Crippen LogP contribution < -0.4 is 20.2 Å². The highest BCUT2D eigenvalue weighted by Gasteiger charge is 2.42. The molecular weight excluding hydrogens is 479 g/mol. The summed E-state index contributed by atoms with van der Waals surface area (Å²) in [4.78, 5) is 48.4. The van der Waals surface area contributed by atoms with E-state index < -0.39 is 17.7 Å². The molecular formula is C24H16F3N5O4. The molecule has 12 heteroatoms. The molecule has 0 radical (unpaired) electrons. The summed E-state index contributed by atoms with van der Waals surface area (Å²) in [5, 5.41) is 4.25. The number of amides is 2. The Bertz CT molecular complexity index is 1520. The number of hydrogen-bond donors (Lipinski definition) is 0. The zero-order chi connectivity index (χ0) is 25.4. The number of fused-ring (bicyclic) bond motifs is 1. The lowest BCUT2D eigenvalue weighted by molar-refractivity contribution is -0.201. The smallest absolute Gasteiger partial charge is 0.306 e. The first kappa shape index (κ1) is 23.0. The van der Waals surface area contributed by atoms with Crippen molar-refractivity contribution in [2.24, 2.45) is 0 Å². The summed E-state index contributed by atoms with van der Waals surface area (Å²) in [5.74, 6) is -2.04. The van der Waals surface area contributed by atoms with E-state index in [-0.39, 0.29) is 22.0 Å². The molecule has 1 aliphatic rings. The highest BCUT2D eigenvalue weighted by atomic mass is 19.4. The van der Waals surface area contributed by atoms with Gasteiger partial charge in [-0.25, -0.2) is 14.6 Å². The first-order valence-electron chi connectivity index (χ1n) is 10.7. The minimum Gasteiger partial charge on any atom is -0.306 e. The van der Waals surface area contributed by atoms with E-state index in [4.69, 9.17) is 0 Å². The number of benzene rings is 2. The van der Waals surface area contributed by atoms with Gasteiger partial charge in [0.15, 0.2) is 0 Å². The van der Waals surface area contributed by atoms with Crippen LogP contribution in [0.1, 0.15) is 0 Å². The molecule has 5 rings (SSSR count). The Labute approximate surface area is 200 Å². The van der Waals surface area contributed by atoms with Gasteiger partial charge in [-0.3, -0.25) is 14.6 Å². The minimum atomic E-state index is -5.31. The zero-order valence-corrected chi connectivity index (χ0v) is 18.3. The fraction of sp³-hybridized carbons (Fsp3) is 0.125. The van der Waals surface area contributed by atoms with Crippen LogP contribution in [0, 0.1) is 0 Å². The summed E-state index contributed by atoms with van der Waals surface area (Å²) in [6, 6.07) is 17.7. The van der Waals surface area contributed by atoms with E-state index in [1.165, 1.54) is 12.1 Å². The predicted molar refractivity (Wildman–Crippen MR) is 123 cm³/mol. The Hall–Kier alpha value is -4.74. The number of carbonyl (C=O) groups excluding carboxylic acids is 2. The van der Waals surface area contributed by atoms with Crippen molar-refractivity contribution < 1.29 is 27.6 Å². The number of halogens is 3. The van der Waals surface area contributed by atoms with Crippen molar-refractivity contribution >= 4 is 34.3 Å². The molecule has 2 aromatic heterocycles. The average Bonchev–Trinajstić information content (AvgIpc) is 3.27. The maximum atomic E-state index is 12.9. The second-order valence-corrected chi connectivity index (χ2v) is 7.77. The first-order valence-corrected chi connectivity index (χ1v) is 10.7. The molecule has 1 aliphatic heterocycles. The maximum Gasteiger partial charge on any atom is 0.493 e. The van der Waals surface area contributed by atoms with Gasteiger partial charge < -0.3 is 4.84 Å². The van der Waals surface area contributed by atoms with Crippen LogP contribution in [0.5, 0.6) is 0 Å². The molecule has 0 spiro atoms. The highest BCUT2D eigenvalue weighted by molar-refractivity contribution is 6.05. The van der Waals surface area contributed by atoms with E-state index in [2.05, 4.69) is 14.9 Å². The number of anilines is 2. The van der Waals surface area contributed by atoms with Gasteiger partial charge in [0.05, 0.1) is 5.39 Å². The molecule has 0 unspecified atom stereocenters. The normalized spacial score (nSPS) is 13.9. The molecule has 2 amide bonds. The van der Waals surface area contributed by atoms with Crippen molar-refractivity contribution in [3.63, 3.8) is 0 Å². The Morgan fingerprint density at radius 1 is 0.861 bits per heavy atom. The molecule has 182 valence electrons. The number of hydrogen-bond acceptors (Lipinski definition) is 6. The third-order valence-corrected chi connectivity index (χ3v) is 5.57. The van der Waals surface area contributed by atoms with Gasteiger partial charge in [0.1, 0.15) is 11.5 Å². The predicted octanol–water partition coefficient (Wildman–Crippen LogP) is 3.42. The third kappa shape index (κ3) is 4.13. The average molecular weight is 495 g/mol. The number of alkyl halides is 3.